The van der Waals surface area contributed by atoms with Crippen molar-refractivity contribution in [3.05, 3.63) is 22.9 Å². The Balaban J connectivity index is 1.58. The Kier molecular flexibility index (Phi) is 3.09. The van der Waals surface area contributed by atoms with Crippen LogP contribution in [0.15, 0.2) is 6.07 Å². The maximum Gasteiger partial charge on any atom is 0.147 e. The van der Waals surface area contributed by atoms with E-state index in [1.807, 2.05) is 6.07 Å². The zero-order valence-electron chi connectivity index (χ0n) is 15.1. The molecule has 5 nitrogen and oxygen atoms in total. The third-order valence-electron chi connectivity index (χ3n) is 7.09. The molecule has 2 atom stereocenters. The maximum absolute atomic E-state index is 9.72. The molecule has 1 aromatic rings. The summed E-state index contributed by atoms with van der Waals surface area (Å²) >= 11 is 0. The average Bonchev–Trinajstić information content (AvgIpc) is 3.21. The van der Waals surface area contributed by atoms with Crippen LogP contribution in [-0.4, -0.2) is 31.3 Å². The zero-order chi connectivity index (χ0) is 17.3. The normalized spacial score (nSPS) is 35.2. The summed E-state index contributed by atoms with van der Waals surface area (Å²) in [6, 6.07) is 4.38. The molecule has 25 heavy (non-hydrogen) atoms. The van der Waals surface area contributed by atoms with Crippen molar-refractivity contribution in [2.75, 3.05) is 31.2 Å². The summed E-state index contributed by atoms with van der Waals surface area (Å²) in [6.45, 7) is 8.34. The second kappa shape index (κ2) is 4.96. The lowest BCUT2D eigenvalue weighted by atomic mass is 9.60. The van der Waals surface area contributed by atoms with E-state index < -0.39 is 0 Å². The van der Waals surface area contributed by atoms with Crippen LogP contribution >= 0.6 is 0 Å². The molecule has 2 saturated heterocycles. The predicted molar refractivity (Wildman–Crippen MR) is 93.1 cm³/mol. The smallest absolute Gasteiger partial charge is 0.147 e. The summed E-state index contributed by atoms with van der Waals surface area (Å²) in [4.78, 5) is 7.35. The second-order valence-corrected chi connectivity index (χ2v) is 8.89. The fourth-order valence-electron chi connectivity index (χ4n) is 5.70. The third-order valence-corrected chi connectivity index (χ3v) is 7.09. The second-order valence-electron chi connectivity index (χ2n) is 8.89. The molecule has 1 aromatic heterocycles. The number of rotatable bonds is 1. The van der Waals surface area contributed by atoms with Crippen LogP contribution < -0.4 is 4.90 Å². The van der Waals surface area contributed by atoms with Gasteiger partial charge in [-0.1, -0.05) is 12.8 Å². The molecule has 0 spiro atoms. The van der Waals surface area contributed by atoms with Gasteiger partial charge < -0.3 is 14.4 Å². The summed E-state index contributed by atoms with van der Waals surface area (Å²) in [5.41, 5.74) is 2.87. The molecule has 5 heteroatoms. The van der Waals surface area contributed by atoms with Crippen LogP contribution in [0.25, 0.3) is 0 Å². The Morgan fingerprint density at radius 1 is 1.16 bits per heavy atom. The lowest BCUT2D eigenvalue weighted by Gasteiger charge is -2.41. The summed E-state index contributed by atoms with van der Waals surface area (Å²) in [5.74, 6) is 0.856. The highest BCUT2D eigenvalue weighted by Crippen LogP contribution is 2.59. The van der Waals surface area contributed by atoms with Crippen molar-refractivity contribution in [1.82, 2.24) is 4.98 Å². The van der Waals surface area contributed by atoms with Crippen molar-refractivity contribution in [2.45, 2.75) is 51.7 Å². The van der Waals surface area contributed by atoms with Crippen LogP contribution in [0, 0.1) is 22.2 Å². The van der Waals surface area contributed by atoms with E-state index in [0.29, 0.717) is 12.2 Å². The largest absolute Gasteiger partial charge is 0.380 e. The van der Waals surface area contributed by atoms with Gasteiger partial charge in [0.1, 0.15) is 17.5 Å². The quantitative estimate of drug-likeness (QED) is 0.787. The molecular weight excluding hydrogens is 314 g/mol. The molecular formula is C20H25N3O2. The maximum atomic E-state index is 9.72. The summed E-state index contributed by atoms with van der Waals surface area (Å²) in [5, 5.41) is 9.72. The highest BCUT2D eigenvalue weighted by atomic mass is 16.5. The molecule has 1 aliphatic carbocycles. The van der Waals surface area contributed by atoms with Crippen LogP contribution in [0.1, 0.15) is 56.4 Å². The van der Waals surface area contributed by atoms with Crippen molar-refractivity contribution in [2.24, 2.45) is 10.8 Å². The Labute approximate surface area is 148 Å². The molecule has 0 aromatic carbocycles. The molecule has 0 bridgehead atoms. The van der Waals surface area contributed by atoms with E-state index in [1.165, 1.54) is 25.7 Å². The average molecular weight is 339 g/mol. The number of ether oxygens (including phenoxy) is 2. The number of pyridine rings is 1. The fourth-order valence-corrected chi connectivity index (χ4v) is 5.70. The minimum Gasteiger partial charge on any atom is -0.380 e. The molecule has 132 valence electrons. The number of nitriles is 1. The van der Waals surface area contributed by atoms with Gasteiger partial charge in [0, 0.05) is 29.5 Å². The van der Waals surface area contributed by atoms with Crippen LogP contribution in [0.2, 0.25) is 0 Å². The molecule has 3 fully saturated rings. The number of hydrogen-bond acceptors (Lipinski definition) is 5. The molecule has 4 aliphatic rings. The summed E-state index contributed by atoms with van der Waals surface area (Å²) in [6.07, 6.45) is 5.07. The molecule has 0 N–H and O–H groups in total. The Bertz CT molecular complexity index is 762. The molecule has 0 radical (unpaired) electrons. The van der Waals surface area contributed by atoms with Gasteiger partial charge in [-0.05, 0) is 32.8 Å². The van der Waals surface area contributed by atoms with E-state index in [4.69, 9.17) is 14.5 Å². The van der Waals surface area contributed by atoms with Crippen LogP contribution in [-0.2, 0) is 21.7 Å². The van der Waals surface area contributed by atoms with Crippen LogP contribution in [0.4, 0.5) is 5.82 Å². The van der Waals surface area contributed by atoms with Crippen molar-refractivity contribution < 1.29 is 9.47 Å². The van der Waals surface area contributed by atoms with Gasteiger partial charge in [-0.15, -0.1) is 0 Å². The first-order valence-corrected chi connectivity index (χ1v) is 9.40. The number of hydrogen-bond donors (Lipinski definition) is 0. The minimum absolute atomic E-state index is 0.255. The Hall–Kier alpha value is -1.64. The van der Waals surface area contributed by atoms with E-state index in [9.17, 15) is 5.26 Å². The van der Waals surface area contributed by atoms with Crippen LogP contribution in [0.5, 0.6) is 0 Å². The molecule has 0 amide bonds. The van der Waals surface area contributed by atoms with E-state index >= 15 is 0 Å². The van der Waals surface area contributed by atoms with Gasteiger partial charge in [-0.25, -0.2) is 4.98 Å². The molecule has 1 saturated carbocycles. The summed E-state index contributed by atoms with van der Waals surface area (Å²) < 4.78 is 11.8. The monoisotopic (exact) mass is 339 g/mol. The topological polar surface area (TPSA) is 58.4 Å². The standard InChI is InChI=1S/C20H25N3O2/c1-18(2)16-15(9-25-18)7-14(8-21)17(22-16)23-10-19-5-3-4-6-20(19,11-23)13-24-12-19/h7H,3-6,9-13H2,1-2H3. The highest BCUT2D eigenvalue weighted by Gasteiger charge is 2.62. The summed E-state index contributed by atoms with van der Waals surface area (Å²) in [7, 11) is 0. The minimum atomic E-state index is -0.375. The van der Waals surface area contributed by atoms with E-state index in [0.717, 1.165) is 43.4 Å². The Morgan fingerprint density at radius 2 is 1.84 bits per heavy atom. The van der Waals surface area contributed by atoms with Gasteiger partial charge >= 0.3 is 0 Å². The van der Waals surface area contributed by atoms with Gasteiger partial charge in [-0.2, -0.15) is 5.26 Å². The van der Waals surface area contributed by atoms with Crippen molar-refractivity contribution >= 4 is 5.82 Å². The van der Waals surface area contributed by atoms with E-state index in [2.05, 4.69) is 24.8 Å². The van der Waals surface area contributed by atoms with E-state index in [1.54, 1.807) is 0 Å². The first kappa shape index (κ1) is 15.6. The van der Waals surface area contributed by atoms with Crippen LogP contribution in [0.3, 0.4) is 0 Å². The fraction of sp³-hybridized carbons (Fsp3) is 0.700. The SMILES string of the molecule is CC1(C)OCc2cc(C#N)c(N3CC45CCCCC4(COC5)C3)nc21. The molecule has 3 aliphatic heterocycles. The number of fused-ring (bicyclic) bond motifs is 1. The first-order valence-electron chi connectivity index (χ1n) is 9.40. The first-order chi connectivity index (χ1) is 12.0. The van der Waals surface area contributed by atoms with Crippen molar-refractivity contribution in [1.29, 1.82) is 5.26 Å². The van der Waals surface area contributed by atoms with Crippen molar-refractivity contribution in [3.8, 4) is 6.07 Å². The van der Waals surface area contributed by atoms with Crippen molar-refractivity contribution in [3.63, 3.8) is 0 Å². The molecule has 5 rings (SSSR count). The van der Waals surface area contributed by atoms with Gasteiger partial charge in [0.25, 0.3) is 0 Å². The lowest BCUT2D eigenvalue weighted by Crippen LogP contribution is -2.42. The zero-order valence-corrected chi connectivity index (χ0v) is 15.1. The van der Waals surface area contributed by atoms with Gasteiger partial charge in [0.2, 0.25) is 0 Å². The lowest BCUT2D eigenvalue weighted by molar-refractivity contribution is -0.0100. The van der Waals surface area contributed by atoms with Gasteiger partial charge in [0.05, 0.1) is 31.1 Å². The number of nitrogens with zero attached hydrogens (tertiary/aromatic N) is 3. The molecule has 2 unspecified atom stereocenters. The predicted octanol–water partition coefficient (Wildman–Crippen LogP) is 3.12. The third kappa shape index (κ3) is 1.98. The highest BCUT2D eigenvalue weighted by molar-refractivity contribution is 5.58. The number of anilines is 1. The molecule has 4 heterocycles. The van der Waals surface area contributed by atoms with Gasteiger partial charge in [0.15, 0.2) is 0 Å². The van der Waals surface area contributed by atoms with E-state index in [-0.39, 0.29) is 16.4 Å². The Morgan fingerprint density at radius 3 is 2.48 bits per heavy atom. The van der Waals surface area contributed by atoms with Gasteiger partial charge in [-0.3, -0.25) is 0 Å². The number of aromatic nitrogens is 1.